The maximum atomic E-state index is 13.1. The van der Waals surface area contributed by atoms with E-state index in [0.717, 1.165) is 5.56 Å². The number of ether oxygens (including phenoxy) is 1. The van der Waals surface area contributed by atoms with Gasteiger partial charge in [-0.1, -0.05) is 26.8 Å². The predicted molar refractivity (Wildman–Crippen MR) is 111 cm³/mol. The number of hydrogen-bond donors (Lipinski definition) is 1. The number of rotatable bonds is 5. The zero-order valence-electron chi connectivity index (χ0n) is 16.8. The molecule has 1 aliphatic heterocycles. The van der Waals surface area contributed by atoms with Gasteiger partial charge in [0, 0.05) is 24.4 Å². The lowest BCUT2D eigenvalue weighted by atomic mass is 9.85. The predicted octanol–water partition coefficient (Wildman–Crippen LogP) is 3.36. The summed E-state index contributed by atoms with van der Waals surface area (Å²) in [4.78, 5) is 16.1. The van der Waals surface area contributed by atoms with E-state index in [1.165, 1.54) is 29.7 Å². The topological polar surface area (TPSA) is 96.8 Å². The Bertz CT molecular complexity index is 1080. The van der Waals surface area contributed by atoms with Gasteiger partial charge in [0.15, 0.2) is 0 Å². The Hall–Kier alpha value is -2.87. The normalized spacial score (nSPS) is 14.6. The first-order valence-corrected chi connectivity index (χ1v) is 10.6. The highest BCUT2D eigenvalue weighted by Crippen LogP contribution is 2.34. The molecule has 1 aliphatic rings. The summed E-state index contributed by atoms with van der Waals surface area (Å²) in [6, 6.07) is 8.12. The lowest BCUT2D eigenvalue weighted by Gasteiger charge is -2.20. The van der Waals surface area contributed by atoms with Crippen LogP contribution in [0.25, 0.3) is 6.08 Å². The average Bonchev–Trinajstić information content (AvgIpc) is 3.09. The Morgan fingerprint density at radius 1 is 1.28 bits per heavy atom. The van der Waals surface area contributed by atoms with E-state index in [1.54, 1.807) is 24.3 Å². The molecular formula is C21H24N2O5S. The Kier molecular flexibility index (Phi) is 5.40. The zero-order chi connectivity index (χ0) is 21.4. The second-order valence-electron chi connectivity index (χ2n) is 7.87. The number of hydrogen-bond acceptors (Lipinski definition) is 5. The number of carboxylic acid groups (broad SMARTS) is 1. The third kappa shape index (κ3) is 4.12. The number of carboxylic acids is 1. The van der Waals surface area contributed by atoms with Crippen molar-refractivity contribution in [2.45, 2.75) is 32.1 Å². The number of aromatic nitrogens is 1. The van der Waals surface area contributed by atoms with Crippen LogP contribution in [0.4, 0.5) is 5.82 Å². The molecule has 7 nitrogen and oxygen atoms in total. The Morgan fingerprint density at radius 3 is 2.62 bits per heavy atom. The third-order valence-corrected chi connectivity index (χ3v) is 6.55. The second-order valence-corrected chi connectivity index (χ2v) is 9.73. The van der Waals surface area contributed by atoms with Gasteiger partial charge in [-0.3, -0.25) is 0 Å². The molecule has 1 aromatic heterocycles. The molecule has 2 heterocycles. The molecule has 0 unspecified atom stereocenters. The number of aliphatic carboxylic acids is 1. The van der Waals surface area contributed by atoms with Crippen LogP contribution in [0.1, 0.15) is 31.9 Å². The Morgan fingerprint density at radius 2 is 2.00 bits per heavy atom. The van der Waals surface area contributed by atoms with Crippen LogP contribution in [0.2, 0.25) is 0 Å². The molecular weight excluding hydrogens is 392 g/mol. The maximum Gasteiger partial charge on any atom is 0.332 e. The van der Waals surface area contributed by atoms with E-state index in [9.17, 15) is 18.3 Å². The first kappa shape index (κ1) is 20.9. The molecule has 8 heteroatoms. The minimum atomic E-state index is -3.78. The standard InChI is InChI=1S/C21H24N2O5S/c1-21(2,3)18(20(24)25)11-14-10-15-8-9-23(19(15)22-13-14)29(26,27)17-7-5-6-16(12-17)28-4/h5-7,10-13H,8-9H2,1-4H3,(H,24,25)/b18-11-. The number of methoxy groups -OCH3 is 1. The van der Waals surface area contributed by atoms with Gasteiger partial charge in [-0.2, -0.15) is 0 Å². The highest BCUT2D eigenvalue weighted by molar-refractivity contribution is 7.92. The summed E-state index contributed by atoms with van der Waals surface area (Å²) >= 11 is 0. The summed E-state index contributed by atoms with van der Waals surface area (Å²) in [5, 5.41) is 9.49. The van der Waals surface area contributed by atoms with Crippen LogP contribution in [0, 0.1) is 5.41 Å². The van der Waals surface area contributed by atoms with Crippen molar-refractivity contribution >= 4 is 27.9 Å². The van der Waals surface area contributed by atoms with Crippen LogP contribution in [0.3, 0.4) is 0 Å². The van der Waals surface area contributed by atoms with E-state index < -0.39 is 21.4 Å². The highest BCUT2D eigenvalue weighted by atomic mass is 32.2. The number of nitrogens with zero attached hydrogens (tertiary/aromatic N) is 2. The first-order chi connectivity index (χ1) is 13.5. The van der Waals surface area contributed by atoms with Crippen molar-refractivity contribution in [1.82, 2.24) is 4.98 Å². The van der Waals surface area contributed by atoms with Crippen molar-refractivity contribution in [3.63, 3.8) is 0 Å². The Labute approximate surface area is 170 Å². The fourth-order valence-electron chi connectivity index (χ4n) is 3.23. The number of anilines is 1. The van der Waals surface area contributed by atoms with Gasteiger partial charge < -0.3 is 9.84 Å². The zero-order valence-corrected chi connectivity index (χ0v) is 17.7. The summed E-state index contributed by atoms with van der Waals surface area (Å²) in [5.74, 6) is -0.153. The number of benzene rings is 1. The monoisotopic (exact) mass is 416 g/mol. The molecule has 3 rings (SSSR count). The van der Waals surface area contributed by atoms with Crippen LogP contribution < -0.4 is 9.04 Å². The van der Waals surface area contributed by atoms with E-state index in [4.69, 9.17) is 4.74 Å². The van der Waals surface area contributed by atoms with Crippen LogP contribution >= 0.6 is 0 Å². The molecule has 0 aliphatic carbocycles. The molecule has 0 atom stereocenters. The molecule has 0 saturated carbocycles. The molecule has 0 radical (unpaired) electrons. The van der Waals surface area contributed by atoms with Crippen molar-refractivity contribution in [3.05, 3.63) is 53.2 Å². The van der Waals surface area contributed by atoms with E-state index in [-0.39, 0.29) is 17.0 Å². The molecule has 0 fully saturated rings. The molecule has 0 bridgehead atoms. The molecule has 154 valence electrons. The summed E-state index contributed by atoms with van der Waals surface area (Å²) in [6.45, 7) is 5.77. The fraction of sp³-hybridized carbons (Fsp3) is 0.333. The van der Waals surface area contributed by atoms with Crippen LogP contribution in [-0.2, 0) is 21.2 Å². The Balaban J connectivity index is 1.98. The maximum absolute atomic E-state index is 13.1. The number of fused-ring (bicyclic) bond motifs is 1. The quantitative estimate of drug-likeness (QED) is 0.751. The summed E-state index contributed by atoms with van der Waals surface area (Å²) in [7, 11) is -2.29. The third-order valence-electron chi connectivity index (χ3n) is 4.76. The lowest BCUT2D eigenvalue weighted by molar-refractivity contribution is -0.133. The SMILES string of the molecule is COc1cccc(S(=O)(=O)N2CCc3cc(/C=C(/C(=O)O)C(C)(C)C)cnc32)c1. The molecule has 29 heavy (non-hydrogen) atoms. The van der Waals surface area contributed by atoms with Crippen molar-refractivity contribution in [1.29, 1.82) is 0 Å². The van der Waals surface area contributed by atoms with E-state index in [1.807, 2.05) is 20.8 Å². The van der Waals surface area contributed by atoms with Gasteiger partial charge in [0.2, 0.25) is 0 Å². The van der Waals surface area contributed by atoms with Gasteiger partial charge >= 0.3 is 5.97 Å². The first-order valence-electron chi connectivity index (χ1n) is 9.15. The van der Waals surface area contributed by atoms with Crippen molar-refractivity contribution in [2.24, 2.45) is 5.41 Å². The van der Waals surface area contributed by atoms with Crippen LogP contribution in [0.15, 0.2) is 47.0 Å². The smallest absolute Gasteiger partial charge is 0.332 e. The van der Waals surface area contributed by atoms with Gasteiger partial charge in [-0.25, -0.2) is 22.5 Å². The molecule has 2 aromatic rings. The molecule has 1 aromatic carbocycles. The molecule has 0 spiro atoms. The van der Waals surface area contributed by atoms with Gasteiger partial charge in [0.25, 0.3) is 10.0 Å². The van der Waals surface area contributed by atoms with E-state index in [0.29, 0.717) is 23.6 Å². The van der Waals surface area contributed by atoms with Crippen LogP contribution in [0.5, 0.6) is 5.75 Å². The van der Waals surface area contributed by atoms with Crippen molar-refractivity contribution in [3.8, 4) is 5.75 Å². The highest BCUT2D eigenvalue weighted by Gasteiger charge is 2.32. The average molecular weight is 416 g/mol. The van der Waals surface area contributed by atoms with Gasteiger partial charge in [-0.15, -0.1) is 0 Å². The summed E-state index contributed by atoms with van der Waals surface area (Å²) in [6.07, 6.45) is 3.60. The summed E-state index contributed by atoms with van der Waals surface area (Å²) < 4.78 is 32.6. The molecule has 0 amide bonds. The minimum Gasteiger partial charge on any atom is -0.497 e. The second kappa shape index (κ2) is 7.51. The van der Waals surface area contributed by atoms with Crippen LogP contribution in [-0.4, -0.2) is 38.1 Å². The van der Waals surface area contributed by atoms with E-state index in [2.05, 4.69) is 4.98 Å². The van der Waals surface area contributed by atoms with E-state index >= 15 is 0 Å². The van der Waals surface area contributed by atoms with Crippen molar-refractivity contribution in [2.75, 3.05) is 18.0 Å². The number of pyridine rings is 1. The van der Waals surface area contributed by atoms with Gasteiger partial charge in [-0.05, 0) is 47.2 Å². The van der Waals surface area contributed by atoms with Gasteiger partial charge in [0.1, 0.15) is 11.6 Å². The molecule has 1 N–H and O–H groups in total. The lowest BCUT2D eigenvalue weighted by Crippen LogP contribution is -2.29. The number of carbonyl (C=O) groups is 1. The number of sulfonamides is 1. The van der Waals surface area contributed by atoms with Gasteiger partial charge in [0.05, 0.1) is 12.0 Å². The largest absolute Gasteiger partial charge is 0.497 e. The fourth-order valence-corrected chi connectivity index (χ4v) is 4.72. The molecule has 0 saturated heterocycles. The minimum absolute atomic E-state index is 0.136. The van der Waals surface area contributed by atoms with Crippen molar-refractivity contribution < 1.29 is 23.1 Å². The summed E-state index contributed by atoms with van der Waals surface area (Å²) in [5.41, 5.74) is 1.13.